The third-order valence-electron chi connectivity index (χ3n) is 2.76. The van der Waals surface area contributed by atoms with E-state index in [1.165, 1.54) is 6.92 Å². The van der Waals surface area contributed by atoms with Crippen LogP contribution in [0.25, 0.3) is 0 Å². The molecule has 4 heteroatoms. The molecule has 92 valence electrons. The number of nitrogens with zero attached hydrogens (tertiary/aromatic N) is 1. The highest BCUT2D eigenvalue weighted by Gasteiger charge is 2.46. The molecule has 1 aliphatic heterocycles. The van der Waals surface area contributed by atoms with Crippen LogP contribution in [0.3, 0.4) is 0 Å². The number of hydrogen-bond acceptors (Lipinski definition) is 4. The first-order valence-corrected chi connectivity index (χ1v) is 5.59. The van der Waals surface area contributed by atoms with E-state index in [-0.39, 0.29) is 29.3 Å². The van der Waals surface area contributed by atoms with Crippen LogP contribution in [-0.2, 0) is 14.4 Å². The van der Waals surface area contributed by atoms with Gasteiger partial charge >= 0.3 is 0 Å². The number of carbonyl (C=O) groups excluding carboxylic acids is 2. The summed E-state index contributed by atoms with van der Waals surface area (Å²) in [7, 11) is 0. The maximum atomic E-state index is 11.6. The number of rotatable bonds is 3. The Balaban J connectivity index is 2.84. The van der Waals surface area contributed by atoms with Gasteiger partial charge < -0.3 is 0 Å². The van der Waals surface area contributed by atoms with Gasteiger partial charge in [0.05, 0.1) is 0 Å². The van der Waals surface area contributed by atoms with Crippen LogP contribution in [0.15, 0.2) is 0 Å². The van der Waals surface area contributed by atoms with Crippen molar-refractivity contribution in [2.75, 3.05) is 6.61 Å². The summed E-state index contributed by atoms with van der Waals surface area (Å²) < 4.78 is 0. The van der Waals surface area contributed by atoms with Crippen LogP contribution in [0.2, 0.25) is 0 Å². The summed E-state index contributed by atoms with van der Waals surface area (Å²) in [5.41, 5.74) is -0.706. The molecular formula is C12H21NO3. The van der Waals surface area contributed by atoms with Gasteiger partial charge in [0.15, 0.2) is 5.78 Å². The van der Waals surface area contributed by atoms with Gasteiger partial charge in [-0.2, -0.15) is 5.06 Å². The van der Waals surface area contributed by atoms with Crippen molar-refractivity contribution in [3.05, 3.63) is 0 Å². The molecule has 0 aromatic heterocycles. The maximum Gasteiger partial charge on any atom is 0.157 e. The van der Waals surface area contributed by atoms with E-state index in [2.05, 4.69) is 0 Å². The Hall–Kier alpha value is -0.740. The van der Waals surface area contributed by atoms with E-state index < -0.39 is 0 Å². The fourth-order valence-corrected chi connectivity index (χ4v) is 2.50. The second-order valence-electron chi connectivity index (χ2n) is 5.79. The first-order valence-electron chi connectivity index (χ1n) is 5.59. The Morgan fingerprint density at radius 3 is 2.06 bits per heavy atom. The van der Waals surface area contributed by atoms with Gasteiger partial charge in [-0.05, 0) is 34.6 Å². The van der Waals surface area contributed by atoms with Crippen molar-refractivity contribution in [1.29, 1.82) is 0 Å². The third-order valence-corrected chi connectivity index (χ3v) is 2.76. The van der Waals surface area contributed by atoms with E-state index in [1.807, 2.05) is 32.8 Å². The number of hydrogen-bond donors (Lipinski definition) is 0. The summed E-state index contributed by atoms with van der Waals surface area (Å²) in [5.74, 6) is 0.237. The lowest BCUT2D eigenvalue weighted by atomic mass is 9.81. The molecule has 1 heterocycles. The first kappa shape index (κ1) is 13.3. The van der Waals surface area contributed by atoms with Crippen LogP contribution < -0.4 is 0 Å². The van der Waals surface area contributed by atoms with Crippen molar-refractivity contribution in [2.24, 2.45) is 0 Å². The molecule has 0 atom stereocenters. The van der Waals surface area contributed by atoms with E-state index in [0.717, 1.165) is 0 Å². The topological polar surface area (TPSA) is 46.6 Å². The summed E-state index contributed by atoms with van der Waals surface area (Å²) in [6.45, 7) is 9.42. The van der Waals surface area contributed by atoms with E-state index in [9.17, 15) is 9.59 Å². The van der Waals surface area contributed by atoms with Gasteiger partial charge in [0.1, 0.15) is 12.4 Å². The van der Waals surface area contributed by atoms with Crippen LogP contribution in [0.5, 0.6) is 0 Å². The summed E-state index contributed by atoms with van der Waals surface area (Å²) in [6.07, 6.45) is 0.933. The largest absolute Gasteiger partial charge is 0.300 e. The van der Waals surface area contributed by atoms with Gasteiger partial charge in [-0.1, -0.05) is 0 Å². The molecule has 4 nitrogen and oxygen atoms in total. The lowest BCUT2D eigenvalue weighted by Crippen LogP contribution is -2.60. The molecule has 0 bridgehead atoms. The predicted molar refractivity (Wildman–Crippen MR) is 60.9 cm³/mol. The molecule has 0 aliphatic carbocycles. The number of carbonyl (C=O) groups is 2. The second kappa shape index (κ2) is 4.26. The summed E-state index contributed by atoms with van der Waals surface area (Å²) in [5, 5.41) is 1.81. The van der Waals surface area contributed by atoms with Gasteiger partial charge in [-0.15, -0.1) is 0 Å². The van der Waals surface area contributed by atoms with Gasteiger partial charge in [0.25, 0.3) is 0 Å². The Bertz CT molecular complexity index is 287. The fourth-order valence-electron chi connectivity index (χ4n) is 2.50. The average Bonchev–Trinajstić information content (AvgIpc) is 1.96. The minimum atomic E-state index is -0.353. The van der Waals surface area contributed by atoms with Gasteiger partial charge in [0, 0.05) is 23.9 Å². The summed E-state index contributed by atoms with van der Waals surface area (Å²) in [4.78, 5) is 28.1. The van der Waals surface area contributed by atoms with Crippen molar-refractivity contribution in [1.82, 2.24) is 5.06 Å². The standard InChI is InChI=1S/C12H21NO3/c1-9(14)8-16-13-11(2,3)6-10(15)7-12(13,4)5/h6-8H2,1-5H3. The van der Waals surface area contributed by atoms with Crippen LogP contribution in [0, 0.1) is 0 Å². The van der Waals surface area contributed by atoms with Crippen molar-refractivity contribution >= 4 is 11.6 Å². The third kappa shape index (κ3) is 2.89. The van der Waals surface area contributed by atoms with Gasteiger partial charge in [0.2, 0.25) is 0 Å². The zero-order chi connectivity index (χ0) is 12.6. The molecule has 1 rings (SSSR count). The highest BCUT2D eigenvalue weighted by molar-refractivity contribution is 5.81. The van der Waals surface area contributed by atoms with Gasteiger partial charge in [-0.3, -0.25) is 14.4 Å². The SMILES string of the molecule is CC(=O)CON1C(C)(C)CC(=O)CC1(C)C. The lowest BCUT2D eigenvalue weighted by molar-refractivity contribution is -0.270. The zero-order valence-electron chi connectivity index (χ0n) is 10.8. The van der Waals surface area contributed by atoms with Crippen molar-refractivity contribution in [2.45, 2.75) is 58.5 Å². The monoisotopic (exact) mass is 227 g/mol. The molecular weight excluding hydrogens is 206 g/mol. The van der Waals surface area contributed by atoms with Crippen LogP contribution in [-0.4, -0.2) is 34.3 Å². The molecule has 0 spiro atoms. The Morgan fingerprint density at radius 2 is 1.69 bits per heavy atom. The minimum absolute atomic E-state index is 0.0106. The number of piperidine rings is 1. The smallest absolute Gasteiger partial charge is 0.157 e. The molecule has 1 aliphatic rings. The normalized spacial score (nSPS) is 24.4. The van der Waals surface area contributed by atoms with E-state index in [1.54, 1.807) is 0 Å². The maximum absolute atomic E-state index is 11.6. The van der Waals surface area contributed by atoms with Gasteiger partial charge in [-0.25, -0.2) is 0 Å². The number of hydroxylamine groups is 2. The van der Waals surface area contributed by atoms with Crippen molar-refractivity contribution in [3.8, 4) is 0 Å². The Kier molecular flexibility index (Phi) is 3.55. The quantitative estimate of drug-likeness (QED) is 0.736. The highest BCUT2D eigenvalue weighted by Crippen LogP contribution is 2.36. The van der Waals surface area contributed by atoms with E-state index in [0.29, 0.717) is 12.8 Å². The molecule has 0 amide bonds. The summed E-state index contributed by atoms with van der Waals surface area (Å²) >= 11 is 0. The minimum Gasteiger partial charge on any atom is -0.300 e. The Morgan fingerprint density at radius 1 is 1.25 bits per heavy atom. The first-order chi connectivity index (χ1) is 7.15. The van der Waals surface area contributed by atoms with Crippen molar-refractivity contribution < 1.29 is 14.4 Å². The van der Waals surface area contributed by atoms with E-state index >= 15 is 0 Å². The molecule has 0 aromatic rings. The highest BCUT2D eigenvalue weighted by atomic mass is 16.7. The molecule has 16 heavy (non-hydrogen) atoms. The number of Topliss-reactive ketones (excluding diaryl/α,β-unsaturated/α-hetero) is 2. The molecule has 1 fully saturated rings. The molecule has 0 N–H and O–H groups in total. The number of ketones is 2. The van der Waals surface area contributed by atoms with E-state index in [4.69, 9.17) is 4.84 Å². The average molecular weight is 227 g/mol. The molecule has 0 unspecified atom stereocenters. The summed E-state index contributed by atoms with van der Waals surface area (Å²) in [6, 6.07) is 0. The Labute approximate surface area is 96.9 Å². The van der Waals surface area contributed by atoms with Crippen LogP contribution in [0.1, 0.15) is 47.5 Å². The second-order valence-corrected chi connectivity index (χ2v) is 5.79. The fraction of sp³-hybridized carbons (Fsp3) is 0.833. The molecule has 0 radical (unpaired) electrons. The lowest BCUT2D eigenvalue weighted by Gasteiger charge is -2.50. The van der Waals surface area contributed by atoms with Crippen LogP contribution >= 0.6 is 0 Å². The molecule has 0 saturated carbocycles. The van der Waals surface area contributed by atoms with Crippen molar-refractivity contribution in [3.63, 3.8) is 0 Å². The zero-order valence-corrected chi connectivity index (χ0v) is 10.8. The molecule has 0 aromatic carbocycles. The van der Waals surface area contributed by atoms with Crippen LogP contribution in [0.4, 0.5) is 0 Å². The predicted octanol–water partition coefficient (Wildman–Crippen LogP) is 1.73. The molecule has 1 saturated heterocycles.